The van der Waals surface area contributed by atoms with E-state index in [2.05, 4.69) is 10.2 Å². The number of ether oxygens (including phenoxy) is 1. The Bertz CT molecular complexity index is 1170. The topological polar surface area (TPSA) is 83.0 Å². The second kappa shape index (κ2) is 7.24. The fourth-order valence-electron chi connectivity index (χ4n) is 2.76. The zero-order valence-corrected chi connectivity index (χ0v) is 15.6. The van der Waals surface area contributed by atoms with E-state index < -0.39 is 0 Å². The van der Waals surface area contributed by atoms with Crippen LogP contribution in [0.25, 0.3) is 16.6 Å². The average Bonchev–Trinajstić information content (AvgIpc) is 3.12. The molecule has 7 nitrogen and oxygen atoms in total. The molecule has 0 fully saturated rings. The third-order valence-corrected chi connectivity index (χ3v) is 4.89. The molecule has 0 saturated heterocycles. The highest BCUT2D eigenvalue weighted by atomic mass is 32.2. The highest BCUT2D eigenvalue weighted by molar-refractivity contribution is 7.98. The van der Waals surface area contributed by atoms with Gasteiger partial charge in [0.25, 0.3) is 5.56 Å². The van der Waals surface area contributed by atoms with Crippen molar-refractivity contribution < 1.29 is 9.15 Å². The van der Waals surface area contributed by atoms with Crippen LogP contribution in [-0.4, -0.2) is 26.9 Å². The molecule has 8 heteroatoms. The number of nitrogens with zero attached hydrogens (tertiary/aromatic N) is 4. The normalized spacial score (nSPS) is 11.0. The average molecular weight is 380 g/mol. The molecule has 0 amide bonds. The highest BCUT2D eigenvalue weighted by Gasteiger charge is 2.17. The number of para-hydroxylation sites is 3. The SMILES string of the molecule is COc1ccccc1-n1c(SCc2nnc(C)o2)nc2ccccc2c1=O. The summed E-state index contributed by atoms with van der Waals surface area (Å²) < 4.78 is 12.4. The van der Waals surface area contributed by atoms with Crippen molar-refractivity contribution in [2.24, 2.45) is 0 Å². The lowest BCUT2D eigenvalue weighted by molar-refractivity contribution is 0.411. The Morgan fingerprint density at radius 1 is 1.11 bits per heavy atom. The van der Waals surface area contributed by atoms with E-state index in [1.54, 1.807) is 24.7 Å². The Morgan fingerprint density at radius 3 is 2.67 bits per heavy atom. The summed E-state index contributed by atoms with van der Waals surface area (Å²) >= 11 is 1.36. The molecule has 0 saturated carbocycles. The predicted molar refractivity (Wildman–Crippen MR) is 102 cm³/mol. The number of rotatable bonds is 5. The minimum absolute atomic E-state index is 0.158. The van der Waals surface area contributed by atoms with Crippen LogP contribution in [0.4, 0.5) is 0 Å². The first kappa shape index (κ1) is 17.3. The van der Waals surface area contributed by atoms with Crippen molar-refractivity contribution in [3.8, 4) is 11.4 Å². The van der Waals surface area contributed by atoms with Gasteiger partial charge in [0.1, 0.15) is 5.75 Å². The van der Waals surface area contributed by atoms with Crippen molar-refractivity contribution in [3.05, 3.63) is 70.7 Å². The number of aryl methyl sites for hydroxylation is 1. The van der Waals surface area contributed by atoms with E-state index in [4.69, 9.17) is 14.1 Å². The van der Waals surface area contributed by atoms with E-state index in [9.17, 15) is 4.79 Å². The van der Waals surface area contributed by atoms with Crippen LogP contribution in [0.15, 0.2) is 62.9 Å². The molecular formula is C19H16N4O3S. The van der Waals surface area contributed by atoms with Crippen molar-refractivity contribution >= 4 is 22.7 Å². The van der Waals surface area contributed by atoms with Crippen molar-refractivity contribution in [3.63, 3.8) is 0 Å². The maximum atomic E-state index is 13.2. The molecule has 0 aliphatic carbocycles. The fourth-order valence-corrected chi connectivity index (χ4v) is 3.60. The molecule has 0 radical (unpaired) electrons. The number of benzene rings is 2. The van der Waals surface area contributed by atoms with Gasteiger partial charge in [0.15, 0.2) is 5.16 Å². The largest absolute Gasteiger partial charge is 0.495 e. The molecule has 0 bridgehead atoms. The Morgan fingerprint density at radius 2 is 1.89 bits per heavy atom. The standard InChI is InChI=1S/C19H16N4O3S/c1-12-21-22-17(26-12)11-27-19-20-14-8-4-3-7-13(14)18(24)23(19)15-9-5-6-10-16(15)25-2/h3-10H,11H2,1-2H3. The summed E-state index contributed by atoms with van der Waals surface area (Å²) in [5.74, 6) is 1.97. The van der Waals surface area contributed by atoms with Gasteiger partial charge in [-0.2, -0.15) is 0 Å². The zero-order valence-electron chi connectivity index (χ0n) is 14.7. The molecule has 0 aliphatic heterocycles. The van der Waals surface area contributed by atoms with E-state index in [0.29, 0.717) is 45.0 Å². The van der Waals surface area contributed by atoms with Crippen molar-refractivity contribution in [1.29, 1.82) is 0 Å². The molecule has 2 heterocycles. The molecule has 0 N–H and O–H groups in total. The van der Waals surface area contributed by atoms with Gasteiger partial charge in [-0.3, -0.25) is 9.36 Å². The minimum atomic E-state index is -0.158. The van der Waals surface area contributed by atoms with Gasteiger partial charge in [-0.1, -0.05) is 36.0 Å². The fraction of sp³-hybridized carbons (Fsp3) is 0.158. The van der Waals surface area contributed by atoms with E-state index in [0.717, 1.165) is 0 Å². The first-order chi connectivity index (χ1) is 13.2. The summed E-state index contributed by atoms with van der Waals surface area (Å²) in [5.41, 5.74) is 1.11. The number of hydrogen-bond donors (Lipinski definition) is 0. The highest BCUT2D eigenvalue weighted by Crippen LogP contribution is 2.28. The summed E-state index contributed by atoms with van der Waals surface area (Å²) in [7, 11) is 1.58. The number of fused-ring (bicyclic) bond motifs is 1. The van der Waals surface area contributed by atoms with Crippen molar-refractivity contribution in [2.45, 2.75) is 17.8 Å². The quantitative estimate of drug-likeness (QED) is 0.388. The maximum Gasteiger partial charge on any atom is 0.266 e. The molecule has 27 heavy (non-hydrogen) atoms. The van der Waals surface area contributed by atoms with Crippen LogP contribution in [0.2, 0.25) is 0 Å². The third-order valence-electron chi connectivity index (χ3n) is 3.96. The first-order valence-corrected chi connectivity index (χ1v) is 9.23. The van der Waals surface area contributed by atoms with Gasteiger partial charge in [-0.25, -0.2) is 4.98 Å². The number of hydrogen-bond acceptors (Lipinski definition) is 7. The number of thioether (sulfide) groups is 1. The number of methoxy groups -OCH3 is 1. The predicted octanol–water partition coefficient (Wildman–Crippen LogP) is 3.38. The third kappa shape index (κ3) is 3.31. The smallest absolute Gasteiger partial charge is 0.266 e. The molecule has 0 aliphatic rings. The Labute approximate surface area is 159 Å². The van der Waals surface area contributed by atoms with Gasteiger partial charge in [-0.15, -0.1) is 10.2 Å². The van der Waals surface area contributed by atoms with Gasteiger partial charge < -0.3 is 9.15 Å². The summed E-state index contributed by atoms with van der Waals surface area (Å²) in [6.45, 7) is 1.74. The summed E-state index contributed by atoms with van der Waals surface area (Å²) in [4.78, 5) is 17.9. The summed E-state index contributed by atoms with van der Waals surface area (Å²) in [5, 5.41) is 8.91. The number of aromatic nitrogens is 4. The van der Waals surface area contributed by atoms with Gasteiger partial charge in [0.05, 0.1) is 29.5 Å². The lowest BCUT2D eigenvalue weighted by Crippen LogP contribution is -2.22. The maximum absolute atomic E-state index is 13.2. The van der Waals surface area contributed by atoms with Crippen molar-refractivity contribution in [1.82, 2.24) is 19.7 Å². The summed E-state index contributed by atoms with van der Waals surface area (Å²) in [6.07, 6.45) is 0. The van der Waals surface area contributed by atoms with Crippen LogP contribution >= 0.6 is 11.8 Å². The van der Waals surface area contributed by atoms with Crippen molar-refractivity contribution in [2.75, 3.05) is 7.11 Å². The lowest BCUT2D eigenvalue weighted by atomic mass is 10.2. The Kier molecular flexibility index (Phi) is 4.64. The Balaban J connectivity index is 1.89. The molecular weight excluding hydrogens is 364 g/mol. The van der Waals surface area contributed by atoms with Crippen LogP contribution < -0.4 is 10.3 Å². The molecule has 2 aromatic heterocycles. The van der Waals surface area contributed by atoms with E-state index in [1.165, 1.54) is 11.8 Å². The zero-order chi connectivity index (χ0) is 18.8. The molecule has 0 unspecified atom stereocenters. The first-order valence-electron chi connectivity index (χ1n) is 8.24. The van der Waals surface area contributed by atoms with Gasteiger partial charge in [0.2, 0.25) is 11.8 Å². The van der Waals surface area contributed by atoms with E-state index in [-0.39, 0.29) is 5.56 Å². The second-order valence-corrected chi connectivity index (χ2v) is 6.67. The summed E-state index contributed by atoms with van der Waals surface area (Å²) in [6, 6.07) is 14.6. The van der Waals surface area contributed by atoms with Crippen LogP contribution in [0.5, 0.6) is 5.75 Å². The monoisotopic (exact) mass is 380 g/mol. The van der Waals surface area contributed by atoms with Gasteiger partial charge in [0, 0.05) is 6.92 Å². The molecule has 136 valence electrons. The van der Waals surface area contributed by atoms with Crippen LogP contribution in [0, 0.1) is 6.92 Å². The molecule has 0 atom stereocenters. The van der Waals surface area contributed by atoms with E-state index in [1.807, 2.05) is 42.5 Å². The Hall–Kier alpha value is -3.13. The van der Waals surface area contributed by atoms with Gasteiger partial charge in [-0.05, 0) is 24.3 Å². The van der Waals surface area contributed by atoms with Crippen LogP contribution in [0.3, 0.4) is 0 Å². The second-order valence-electron chi connectivity index (χ2n) is 5.73. The van der Waals surface area contributed by atoms with Gasteiger partial charge >= 0.3 is 0 Å². The lowest BCUT2D eigenvalue weighted by Gasteiger charge is -2.15. The van der Waals surface area contributed by atoms with Crippen LogP contribution in [-0.2, 0) is 5.75 Å². The van der Waals surface area contributed by atoms with Crippen LogP contribution in [0.1, 0.15) is 11.8 Å². The molecule has 0 spiro atoms. The molecule has 4 rings (SSSR count). The van der Waals surface area contributed by atoms with E-state index >= 15 is 0 Å². The molecule has 2 aromatic carbocycles. The minimum Gasteiger partial charge on any atom is -0.495 e. The molecule has 4 aromatic rings.